The van der Waals surface area contributed by atoms with Gasteiger partial charge in [-0.2, -0.15) is 0 Å². The molecule has 5 heteroatoms. The maximum atomic E-state index is 12.3. The van der Waals surface area contributed by atoms with Crippen molar-refractivity contribution in [1.82, 2.24) is 5.32 Å². The quantitative estimate of drug-likeness (QED) is 0.806. The van der Waals surface area contributed by atoms with Crippen molar-refractivity contribution in [3.05, 3.63) is 46.1 Å². The van der Waals surface area contributed by atoms with Crippen LogP contribution in [0.5, 0.6) is 0 Å². The van der Waals surface area contributed by atoms with E-state index in [1.807, 2.05) is 0 Å². The molecule has 0 aliphatic heterocycles. The zero-order valence-electron chi connectivity index (χ0n) is 10.4. The Balaban J connectivity index is 2.22. The zero-order valence-corrected chi connectivity index (χ0v) is 11.2. The molecular weight excluding hydrogens is 264 g/mol. The average Bonchev–Trinajstić information content (AvgIpc) is 2.44. The van der Waals surface area contributed by atoms with E-state index in [-0.39, 0.29) is 22.3 Å². The van der Waals surface area contributed by atoms with E-state index < -0.39 is 0 Å². The van der Waals surface area contributed by atoms with Crippen LogP contribution in [-0.4, -0.2) is 24.7 Å². The van der Waals surface area contributed by atoms with Crippen LogP contribution in [0, 0.1) is 0 Å². The number of benzene rings is 1. The van der Waals surface area contributed by atoms with E-state index in [1.165, 1.54) is 0 Å². The first-order valence-corrected chi connectivity index (χ1v) is 6.56. The van der Waals surface area contributed by atoms with Crippen LogP contribution in [0.15, 0.2) is 35.0 Å². The molecule has 0 bridgehead atoms. The Hall–Kier alpha value is -1.65. The van der Waals surface area contributed by atoms with Gasteiger partial charge in [0.15, 0.2) is 0 Å². The molecule has 2 rings (SSSR count). The third-order valence-corrected chi connectivity index (χ3v) is 3.36. The van der Waals surface area contributed by atoms with Crippen LogP contribution in [0.3, 0.4) is 0 Å². The molecule has 19 heavy (non-hydrogen) atoms. The second-order valence-electron chi connectivity index (χ2n) is 4.32. The molecule has 3 N–H and O–H groups in total. The number of allylic oxidation sites excluding steroid dienone is 2. The van der Waals surface area contributed by atoms with Crippen molar-refractivity contribution < 1.29 is 9.59 Å². The number of carbonyl (C=O) groups is 2. The first kappa shape index (κ1) is 13.8. The number of nitrogens with two attached hydrogens (primary N) is 1. The van der Waals surface area contributed by atoms with Crippen LogP contribution in [0.1, 0.15) is 33.6 Å². The summed E-state index contributed by atoms with van der Waals surface area (Å²) in [6.07, 6.45) is 1.68. The summed E-state index contributed by atoms with van der Waals surface area (Å²) >= 11 is 5.99. The maximum absolute atomic E-state index is 12.3. The molecule has 0 spiro atoms. The van der Waals surface area contributed by atoms with Gasteiger partial charge in [0.05, 0.1) is 0 Å². The van der Waals surface area contributed by atoms with Gasteiger partial charge in [-0.05, 0) is 19.4 Å². The van der Waals surface area contributed by atoms with Gasteiger partial charge >= 0.3 is 0 Å². The fourth-order valence-electron chi connectivity index (χ4n) is 1.99. The molecule has 1 aromatic rings. The number of carbonyl (C=O) groups excluding carboxylic acids is 2. The van der Waals surface area contributed by atoms with E-state index in [2.05, 4.69) is 5.32 Å². The van der Waals surface area contributed by atoms with Crippen molar-refractivity contribution >= 4 is 23.2 Å². The van der Waals surface area contributed by atoms with Crippen molar-refractivity contribution in [2.75, 3.05) is 13.1 Å². The lowest BCUT2D eigenvalue weighted by Crippen LogP contribution is -2.29. The number of Topliss-reactive ketones (excluding diaryl/α,β-unsaturated/α-hetero) is 2. The number of ketones is 2. The van der Waals surface area contributed by atoms with Crippen molar-refractivity contribution in [3.8, 4) is 0 Å². The summed E-state index contributed by atoms with van der Waals surface area (Å²) < 4.78 is 0. The van der Waals surface area contributed by atoms with Gasteiger partial charge in [0.1, 0.15) is 10.7 Å². The molecule has 4 nitrogen and oxygen atoms in total. The molecule has 0 saturated heterocycles. The summed E-state index contributed by atoms with van der Waals surface area (Å²) in [4.78, 5) is 24.3. The third-order valence-electron chi connectivity index (χ3n) is 2.99. The molecule has 1 aliphatic carbocycles. The van der Waals surface area contributed by atoms with Crippen LogP contribution in [0.4, 0.5) is 0 Å². The van der Waals surface area contributed by atoms with E-state index in [0.29, 0.717) is 24.2 Å². The molecule has 0 radical (unpaired) electrons. The van der Waals surface area contributed by atoms with Crippen LogP contribution in [0.25, 0.3) is 0 Å². The number of halogens is 1. The first-order chi connectivity index (χ1) is 9.16. The number of nitrogens with one attached hydrogen (secondary N) is 1. The molecule has 0 atom stereocenters. The SMILES string of the molecule is NCCCCNC1=C(Cl)C(=O)c2ccccc2C1=O. The molecular formula is C14H15ClN2O2. The van der Waals surface area contributed by atoms with E-state index in [9.17, 15) is 9.59 Å². The number of fused-ring (bicyclic) bond motifs is 1. The van der Waals surface area contributed by atoms with Crippen molar-refractivity contribution in [3.63, 3.8) is 0 Å². The highest BCUT2D eigenvalue weighted by Crippen LogP contribution is 2.26. The van der Waals surface area contributed by atoms with Crippen molar-refractivity contribution in [2.24, 2.45) is 5.73 Å². The second-order valence-corrected chi connectivity index (χ2v) is 4.69. The lowest BCUT2D eigenvalue weighted by atomic mass is 9.92. The third kappa shape index (κ3) is 2.69. The lowest BCUT2D eigenvalue weighted by molar-refractivity contribution is 0.0974. The Morgan fingerprint density at radius 2 is 1.68 bits per heavy atom. The lowest BCUT2D eigenvalue weighted by Gasteiger charge is -2.18. The van der Waals surface area contributed by atoms with Crippen LogP contribution >= 0.6 is 11.6 Å². The van der Waals surface area contributed by atoms with Gasteiger partial charge in [0.25, 0.3) is 0 Å². The Bertz CT molecular complexity index is 552. The van der Waals surface area contributed by atoms with E-state index in [0.717, 1.165) is 12.8 Å². The monoisotopic (exact) mass is 278 g/mol. The maximum Gasteiger partial charge on any atom is 0.211 e. The minimum atomic E-state index is -0.307. The summed E-state index contributed by atoms with van der Waals surface area (Å²) in [5.41, 5.74) is 6.36. The van der Waals surface area contributed by atoms with Gasteiger partial charge in [0, 0.05) is 17.7 Å². The molecule has 0 heterocycles. The van der Waals surface area contributed by atoms with E-state index in [1.54, 1.807) is 24.3 Å². The topological polar surface area (TPSA) is 72.2 Å². The Kier molecular flexibility index (Phi) is 4.35. The highest BCUT2D eigenvalue weighted by Gasteiger charge is 2.30. The minimum Gasteiger partial charge on any atom is -0.381 e. The molecule has 0 unspecified atom stereocenters. The highest BCUT2D eigenvalue weighted by molar-refractivity contribution is 6.49. The standard InChI is InChI=1S/C14H15ClN2O2/c15-11-12(17-8-4-3-7-16)14(19)10-6-2-1-5-9(10)13(11)18/h1-2,5-6,17H,3-4,7-8,16H2. The summed E-state index contributed by atoms with van der Waals surface area (Å²) in [6.45, 7) is 1.17. The highest BCUT2D eigenvalue weighted by atomic mass is 35.5. The van der Waals surface area contributed by atoms with Crippen LogP contribution in [-0.2, 0) is 0 Å². The normalized spacial score (nSPS) is 14.6. The number of hydrogen-bond donors (Lipinski definition) is 2. The van der Waals surface area contributed by atoms with Gasteiger partial charge < -0.3 is 11.1 Å². The number of unbranched alkanes of at least 4 members (excludes halogenated alkanes) is 1. The van der Waals surface area contributed by atoms with E-state index >= 15 is 0 Å². The van der Waals surface area contributed by atoms with Gasteiger partial charge in [-0.15, -0.1) is 0 Å². The first-order valence-electron chi connectivity index (χ1n) is 6.19. The number of rotatable bonds is 5. The molecule has 0 fully saturated rings. The predicted molar refractivity (Wildman–Crippen MR) is 74.3 cm³/mol. The van der Waals surface area contributed by atoms with Crippen molar-refractivity contribution in [2.45, 2.75) is 12.8 Å². The Morgan fingerprint density at radius 1 is 1.05 bits per heavy atom. The summed E-state index contributed by atoms with van der Waals surface area (Å²) in [7, 11) is 0. The fraction of sp³-hybridized carbons (Fsp3) is 0.286. The summed E-state index contributed by atoms with van der Waals surface area (Å²) in [6, 6.07) is 6.70. The van der Waals surface area contributed by atoms with Gasteiger partial charge in [0.2, 0.25) is 11.6 Å². The van der Waals surface area contributed by atoms with Crippen LogP contribution < -0.4 is 11.1 Å². The molecule has 0 saturated carbocycles. The van der Waals surface area contributed by atoms with Crippen LogP contribution in [0.2, 0.25) is 0 Å². The Labute approximate surface area is 116 Å². The van der Waals surface area contributed by atoms with E-state index in [4.69, 9.17) is 17.3 Å². The zero-order chi connectivity index (χ0) is 13.8. The summed E-state index contributed by atoms with van der Waals surface area (Å²) in [5.74, 6) is -0.536. The van der Waals surface area contributed by atoms with Crippen molar-refractivity contribution in [1.29, 1.82) is 0 Å². The number of hydrogen-bond acceptors (Lipinski definition) is 4. The van der Waals surface area contributed by atoms with Gasteiger partial charge in [-0.25, -0.2) is 0 Å². The second kappa shape index (κ2) is 5.99. The largest absolute Gasteiger partial charge is 0.381 e. The molecule has 0 aromatic heterocycles. The predicted octanol–water partition coefficient (Wildman–Crippen LogP) is 1.84. The fourth-order valence-corrected chi connectivity index (χ4v) is 2.24. The Morgan fingerprint density at radius 3 is 2.32 bits per heavy atom. The average molecular weight is 279 g/mol. The smallest absolute Gasteiger partial charge is 0.211 e. The summed E-state index contributed by atoms with van der Waals surface area (Å²) in [5, 5.41) is 2.92. The van der Waals surface area contributed by atoms with Gasteiger partial charge in [-0.3, -0.25) is 9.59 Å². The minimum absolute atomic E-state index is 0.0311. The molecule has 1 aromatic carbocycles. The molecule has 100 valence electrons. The molecule has 1 aliphatic rings. The molecule has 0 amide bonds. The van der Waals surface area contributed by atoms with Gasteiger partial charge in [-0.1, -0.05) is 35.9 Å².